The Morgan fingerprint density at radius 3 is 2.92 bits per heavy atom. The van der Waals surface area contributed by atoms with E-state index in [1.807, 2.05) is 0 Å². The van der Waals surface area contributed by atoms with Gasteiger partial charge in [-0.25, -0.2) is 9.78 Å². The van der Waals surface area contributed by atoms with Crippen LogP contribution in [0.3, 0.4) is 0 Å². The van der Waals surface area contributed by atoms with Gasteiger partial charge in [0.1, 0.15) is 5.75 Å². The Morgan fingerprint density at radius 1 is 1.77 bits per heavy atom. The van der Waals surface area contributed by atoms with E-state index >= 15 is 0 Å². The van der Waals surface area contributed by atoms with Gasteiger partial charge in [-0.3, -0.25) is 0 Å². The summed E-state index contributed by atoms with van der Waals surface area (Å²) in [6.07, 6.45) is 2.97. The minimum Gasteiger partial charge on any atom is -0.496 e. The van der Waals surface area contributed by atoms with E-state index in [9.17, 15) is 4.79 Å². The normalized spacial score (nSPS) is 9.31. The van der Waals surface area contributed by atoms with Crippen LogP contribution in [0.25, 0.3) is 6.08 Å². The van der Waals surface area contributed by atoms with E-state index in [0.29, 0.717) is 11.3 Å². The number of nitrogens with zero attached hydrogens (tertiary/aromatic N) is 1. The number of methoxy groups -OCH3 is 1. The zero-order valence-corrected chi connectivity index (χ0v) is 7.15. The van der Waals surface area contributed by atoms with Gasteiger partial charge in [0.05, 0.1) is 7.11 Å². The van der Waals surface area contributed by atoms with Gasteiger partial charge in [0.25, 0.3) is 0 Å². The Kier molecular flexibility index (Phi) is 2.64. The molecule has 1 N–H and O–H groups in total. The van der Waals surface area contributed by atoms with Crippen LogP contribution < -0.4 is 4.74 Å². The Morgan fingerprint density at radius 2 is 2.46 bits per heavy atom. The molecular formula is C9H9NO3. The lowest BCUT2D eigenvalue weighted by molar-refractivity contribution is 0.0690. The number of rotatable bonds is 3. The van der Waals surface area contributed by atoms with Crippen molar-refractivity contribution in [1.82, 2.24) is 4.98 Å². The molecule has 1 aromatic rings. The molecule has 13 heavy (non-hydrogen) atoms. The van der Waals surface area contributed by atoms with Gasteiger partial charge in [-0.15, -0.1) is 0 Å². The zero-order valence-electron chi connectivity index (χ0n) is 7.15. The lowest BCUT2D eigenvalue weighted by atomic mass is 10.2. The number of ether oxygens (including phenoxy) is 1. The topological polar surface area (TPSA) is 59.4 Å². The molecule has 0 amide bonds. The minimum absolute atomic E-state index is 0.0394. The summed E-state index contributed by atoms with van der Waals surface area (Å²) < 4.78 is 4.95. The quantitative estimate of drug-likeness (QED) is 0.762. The number of aromatic nitrogens is 1. The summed E-state index contributed by atoms with van der Waals surface area (Å²) in [5.41, 5.74) is 0.634. The summed E-state index contributed by atoms with van der Waals surface area (Å²) >= 11 is 0. The lowest BCUT2D eigenvalue weighted by Crippen LogP contribution is -2.01. The molecule has 1 aromatic heterocycles. The van der Waals surface area contributed by atoms with Crippen LogP contribution in [-0.2, 0) is 0 Å². The lowest BCUT2D eigenvalue weighted by Gasteiger charge is -2.04. The summed E-state index contributed by atoms with van der Waals surface area (Å²) in [4.78, 5) is 14.2. The standard InChI is InChI=1S/C9H9NO3/c1-3-6-5-10-7(9(11)12)4-8(6)13-2/h3-5H,1H2,2H3,(H,11,12). The van der Waals surface area contributed by atoms with Crippen molar-refractivity contribution in [2.75, 3.05) is 7.11 Å². The Balaban J connectivity index is 3.20. The van der Waals surface area contributed by atoms with Crippen LogP contribution in [0.1, 0.15) is 16.1 Å². The third-order valence-electron chi connectivity index (χ3n) is 1.55. The summed E-state index contributed by atoms with van der Waals surface area (Å²) in [5, 5.41) is 8.62. The second-order valence-electron chi connectivity index (χ2n) is 2.32. The fraction of sp³-hybridized carbons (Fsp3) is 0.111. The molecule has 0 bridgehead atoms. The first kappa shape index (κ1) is 9.25. The molecule has 0 unspecified atom stereocenters. The maximum Gasteiger partial charge on any atom is 0.354 e. The predicted molar refractivity (Wildman–Crippen MR) is 47.8 cm³/mol. The molecule has 0 aliphatic rings. The van der Waals surface area contributed by atoms with Crippen LogP contribution in [0.15, 0.2) is 18.8 Å². The molecule has 4 nitrogen and oxygen atoms in total. The fourth-order valence-corrected chi connectivity index (χ4v) is 0.895. The highest BCUT2D eigenvalue weighted by atomic mass is 16.5. The second kappa shape index (κ2) is 3.71. The largest absolute Gasteiger partial charge is 0.496 e. The molecule has 0 spiro atoms. The van der Waals surface area contributed by atoms with Crippen molar-refractivity contribution >= 4 is 12.0 Å². The number of carboxylic acids is 1. The number of hydrogen-bond donors (Lipinski definition) is 1. The summed E-state index contributed by atoms with van der Waals surface area (Å²) in [7, 11) is 1.47. The molecule has 0 saturated heterocycles. The first-order chi connectivity index (χ1) is 6.19. The molecule has 0 aliphatic carbocycles. The zero-order chi connectivity index (χ0) is 9.84. The Labute approximate surface area is 75.5 Å². The molecule has 1 heterocycles. The van der Waals surface area contributed by atoms with Crippen molar-refractivity contribution in [2.24, 2.45) is 0 Å². The Bertz CT molecular complexity index is 347. The van der Waals surface area contributed by atoms with Gasteiger partial charge in [-0.1, -0.05) is 12.7 Å². The third kappa shape index (κ3) is 1.84. The first-order valence-electron chi connectivity index (χ1n) is 3.58. The summed E-state index contributed by atoms with van der Waals surface area (Å²) in [6, 6.07) is 1.36. The van der Waals surface area contributed by atoms with Crippen molar-refractivity contribution in [2.45, 2.75) is 0 Å². The highest BCUT2D eigenvalue weighted by molar-refractivity contribution is 5.86. The van der Waals surface area contributed by atoms with Gasteiger partial charge in [-0.2, -0.15) is 0 Å². The molecule has 0 fully saturated rings. The van der Waals surface area contributed by atoms with Crippen LogP contribution in [0.5, 0.6) is 5.75 Å². The van der Waals surface area contributed by atoms with Crippen LogP contribution in [0, 0.1) is 0 Å². The molecule has 4 heteroatoms. The monoisotopic (exact) mass is 179 g/mol. The fourth-order valence-electron chi connectivity index (χ4n) is 0.895. The van der Waals surface area contributed by atoms with Gasteiger partial charge >= 0.3 is 5.97 Å². The number of aromatic carboxylic acids is 1. The SMILES string of the molecule is C=Cc1cnc(C(=O)O)cc1OC. The summed E-state index contributed by atoms with van der Waals surface area (Å²) in [6.45, 7) is 3.55. The maximum absolute atomic E-state index is 10.5. The molecule has 1 rings (SSSR count). The maximum atomic E-state index is 10.5. The van der Waals surface area contributed by atoms with E-state index in [0.717, 1.165) is 0 Å². The highest BCUT2D eigenvalue weighted by Crippen LogP contribution is 2.18. The van der Waals surface area contributed by atoms with Gasteiger partial charge < -0.3 is 9.84 Å². The van der Waals surface area contributed by atoms with E-state index in [1.165, 1.54) is 19.4 Å². The molecule has 0 aromatic carbocycles. The third-order valence-corrected chi connectivity index (χ3v) is 1.55. The average Bonchev–Trinajstić information content (AvgIpc) is 2.16. The molecule has 0 saturated carbocycles. The van der Waals surface area contributed by atoms with Gasteiger partial charge in [0.2, 0.25) is 0 Å². The van der Waals surface area contributed by atoms with Gasteiger partial charge in [0, 0.05) is 17.8 Å². The van der Waals surface area contributed by atoms with E-state index in [-0.39, 0.29) is 5.69 Å². The number of carbonyl (C=O) groups is 1. The Hall–Kier alpha value is -1.84. The van der Waals surface area contributed by atoms with Crippen molar-refractivity contribution in [3.05, 3.63) is 30.1 Å². The van der Waals surface area contributed by atoms with Crippen LogP contribution in [-0.4, -0.2) is 23.2 Å². The molecular weight excluding hydrogens is 170 g/mol. The van der Waals surface area contributed by atoms with Crippen LogP contribution in [0.2, 0.25) is 0 Å². The highest BCUT2D eigenvalue weighted by Gasteiger charge is 2.07. The van der Waals surface area contributed by atoms with E-state index in [4.69, 9.17) is 9.84 Å². The second-order valence-corrected chi connectivity index (χ2v) is 2.32. The number of pyridine rings is 1. The van der Waals surface area contributed by atoms with E-state index in [2.05, 4.69) is 11.6 Å². The van der Waals surface area contributed by atoms with Crippen molar-refractivity contribution in [3.8, 4) is 5.75 Å². The number of hydrogen-bond acceptors (Lipinski definition) is 3. The number of carboxylic acid groups (broad SMARTS) is 1. The van der Waals surface area contributed by atoms with E-state index < -0.39 is 5.97 Å². The van der Waals surface area contributed by atoms with Crippen LogP contribution >= 0.6 is 0 Å². The van der Waals surface area contributed by atoms with E-state index in [1.54, 1.807) is 6.08 Å². The van der Waals surface area contributed by atoms with Crippen molar-refractivity contribution < 1.29 is 14.6 Å². The smallest absolute Gasteiger partial charge is 0.354 e. The minimum atomic E-state index is -1.08. The first-order valence-corrected chi connectivity index (χ1v) is 3.58. The van der Waals surface area contributed by atoms with Crippen LogP contribution in [0.4, 0.5) is 0 Å². The predicted octanol–water partition coefficient (Wildman–Crippen LogP) is 1.43. The summed E-state index contributed by atoms with van der Waals surface area (Å²) in [5.74, 6) is -0.615. The average molecular weight is 179 g/mol. The van der Waals surface area contributed by atoms with Gasteiger partial charge in [-0.05, 0) is 0 Å². The molecule has 68 valence electrons. The van der Waals surface area contributed by atoms with Gasteiger partial charge in [0.15, 0.2) is 5.69 Å². The molecule has 0 radical (unpaired) electrons. The van der Waals surface area contributed by atoms with Crippen molar-refractivity contribution in [1.29, 1.82) is 0 Å². The molecule has 0 aliphatic heterocycles. The molecule has 0 atom stereocenters. The van der Waals surface area contributed by atoms with Crippen molar-refractivity contribution in [3.63, 3.8) is 0 Å².